The topological polar surface area (TPSA) is 88.2 Å². The molecule has 1 aliphatic heterocycles. The molecule has 116 valence electrons. The van der Waals surface area contributed by atoms with Gasteiger partial charge in [-0.15, -0.1) is 0 Å². The molecule has 2 N–H and O–H groups in total. The zero-order valence-corrected chi connectivity index (χ0v) is 12.7. The Morgan fingerprint density at radius 3 is 2.74 bits per heavy atom. The largest absolute Gasteiger partial charge is 0.354 e. The van der Waals surface area contributed by atoms with Crippen molar-refractivity contribution in [1.29, 1.82) is 0 Å². The van der Waals surface area contributed by atoms with Gasteiger partial charge in [0.05, 0.1) is 23.6 Å². The van der Waals surface area contributed by atoms with Crippen LogP contribution in [0.15, 0.2) is 41.9 Å². The van der Waals surface area contributed by atoms with Crippen LogP contribution in [0.4, 0.5) is 11.5 Å². The van der Waals surface area contributed by atoms with E-state index in [0.717, 1.165) is 11.3 Å². The summed E-state index contributed by atoms with van der Waals surface area (Å²) in [6.45, 7) is 11.6. The zero-order chi connectivity index (χ0) is 16.6. The van der Waals surface area contributed by atoms with E-state index in [4.69, 9.17) is 6.57 Å². The van der Waals surface area contributed by atoms with Gasteiger partial charge in [0.25, 0.3) is 5.69 Å². The van der Waals surface area contributed by atoms with Crippen molar-refractivity contribution in [2.45, 2.75) is 19.8 Å². The van der Waals surface area contributed by atoms with Crippen LogP contribution in [-0.4, -0.2) is 15.1 Å². The van der Waals surface area contributed by atoms with Crippen LogP contribution in [0.2, 0.25) is 0 Å². The van der Waals surface area contributed by atoms with Gasteiger partial charge in [-0.3, -0.25) is 15.2 Å². The summed E-state index contributed by atoms with van der Waals surface area (Å²) < 4.78 is 0. The fourth-order valence-corrected chi connectivity index (χ4v) is 2.89. The SMILES string of the molecule is [C-]#[N+]C1=C(C(C)C)Nc2[nH]ncc2C1c1ccccc1[N+](=O)[O-]. The summed E-state index contributed by atoms with van der Waals surface area (Å²) in [7, 11) is 0. The molecule has 0 amide bonds. The number of aromatic nitrogens is 2. The van der Waals surface area contributed by atoms with Gasteiger partial charge < -0.3 is 5.32 Å². The van der Waals surface area contributed by atoms with Gasteiger partial charge >= 0.3 is 0 Å². The number of nitro benzene ring substituents is 1. The molecule has 1 aromatic carbocycles. The fraction of sp³-hybridized carbons (Fsp3) is 0.250. The van der Waals surface area contributed by atoms with E-state index < -0.39 is 10.8 Å². The van der Waals surface area contributed by atoms with Crippen molar-refractivity contribution in [3.8, 4) is 0 Å². The van der Waals surface area contributed by atoms with Crippen LogP contribution in [0, 0.1) is 22.6 Å². The monoisotopic (exact) mass is 309 g/mol. The van der Waals surface area contributed by atoms with Crippen LogP contribution in [0.25, 0.3) is 4.85 Å². The number of benzene rings is 1. The number of nitrogens with one attached hydrogen (secondary N) is 2. The molecular weight excluding hydrogens is 294 g/mol. The van der Waals surface area contributed by atoms with Gasteiger partial charge in [-0.2, -0.15) is 5.10 Å². The summed E-state index contributed by atoms with van der Waals surface area (Å²) in [5.41, 5.74) is 2.50. The second-order valence-corrected chi connectivity index (χ2v) is 5.64. The first-order chi connectivity index (χ1) is 11.0. The number of nitrogens with zero attached hydrogens (tertiary/aromatic N) is 3. The summed E-state index contributed by atoms with van der Waals surface area (Å²) >= 11 is 0. The smallest absolute Gasteiger partial charge is 0.272 e. The van der Waals surface area contributed by atoms with E-state index in [9.17, 15) is 10.1 Å². The molecule has 0 radical (unpaired) electrons. The lowest BCUT2D eigenvalue weighted by atomic mass is 9.84. The Bertz CT molecular complexity index is 844. The van der Waals surface area contributed by atoms with Crippen LogP contribution in [0.1, 0.15) is 30.9 Å². The van der Waals surface area contributed by atoms with E-state index in [1.165, 1.54) is 6.07 Å². The molecule has 2 aromatic rings. The van der Waals surface area contributed by atoms with Gasteiger partial charge in [-0.25, -0.2) is 4.85 Å². The summed E-state index contributed by atoms with van der Waals surface area (Å²) in [4.78, 5) is 14.7. The molecule has 0 fully saturated rings. The molecular formula is C16H15N5O2. The zero-order valence-electron chi connectivity index (χ0n) is 12.7. The lowest BCUT2D eigenvalue weighted by Crippen LogP contribution is -2.20. The molecule has 0 bridgehead atoms. The maximum absolute atomic E-state index is 11.4. The highest BCUT2D eigenvalue weighted by atomic mass is 16.6. The molecule has 0 saturated carbocycles. The Labute approximate surface area is 133 Å². The summed E-state index contributed by atoms with van der Waals surface area (Å²) in [6.07, 6.45) is 1.62. The Morgan fingerprint density at radius 2 is 2.09 bits per heavy atom. The maximum Gasteiger partial charge on any atom is 0.272 e. The number of fused-ring (bicyclic) bond motifs is 1. The predicted molar refractivity (Wildman–Crippen MR) is 85.6 cm³/mol. The number of aromatic amines is 1. The molecule has 3 rings (SSSR count). The minimum Gasteiger partial charge on any atom is -0.354 e. The second kappa shape index (κ2) is 5.57. The van der Waals surface area contributed by atoms with Crippen molar-refractivity contribution in [2.75, 3.05) is 5.32 Å². The van der Waals surface area contributed by atoms with Gasteiger partial charge in [-0.1, -0.05) is 32.0 Å². The van der Waals surface area contributed by atoms with E-state index in [-0.39, 0.29) is 11.6 Å². The molecule has 1 unspecified atom stereocenters. The number of H-pyrrole nitrogens is 1. The lowest BCUT2D eigenvalue weighted by Gasteiger charge is -2.27. The molecule has 1 aliphatic rings. The van der Waals surface area contributed by atoms with E-state index in [0.29, 0.717) is 17.1 Å². The van der Waals surface area contributed by atoms with Gasteiger partial charge in [0.1, 0.15) is 5.82 Å². The van der Waals surface area contributed by atoms with E-state index >= 15 is 0 Å². The minimum absolute atomic E-state index is 0.0100. The molecule has 23 heavy (non-hydrogen) atoms. The molecule has 0 spiro atoms. The van der Waals surface area contributed by atoms with Crippen molar-refractivity contribution in [3.63, 3.8) is 0 Å². The highest BCUT2D eigenvalue weighted by Crippen LogP contribution is 2.45. The van der Waals surface area contributed by atoms with Crippen LogP contribution in [0.3, 0.4) is 0 Å². The van der Waals surface area contributed by atoms with Crippen molar-refractivity contribution < 1.29 is 4.92 Å². The summed E-state index contributed by atoms with van der Waals surface area (Å²) in [6, 6.07) is 6.55. The predicted octanol–water partition coefficient (Wildman–Crippen LogP) is 3.66. The first-order valence-electron chi connectivity index (χ1n) is 7.19. The standard InChI is InChI=1S/C16H15N5O2/c1-9(2)14-15(17-3)13(11-8-18-20-16(11)19-14)10-6-4-5-7-12(10)21(22)23/h4-9,13H,1-2H3,(H2,18,19,20). The maximum atomic E-state index is 11.4. The average molecular weight is 309 g/mol. The third kappa shape index (κ3) is 2.34. The Morgan fingerprint density at radius 1 is 1.35 bits per heavy atom. The quantitative estimate of drug-likeness (QED) is 0.514. The van der Waals surface area contributed by atoms with Crippen molar-refractivity contribution in [1.82, 2.24) is 10.2 Å². The van der Waals surface area contributed by atoms with Crippen LogP contribution in [-0.2, 0) is 0 Å². The lowest BCUT2D eigenvalue weighted by molar-refractivity contribution is -0.385. The molecule has 0 aliphatic carbocycles. The first kappa shape index (κ1) is 14.8. The summed E-state index contributed by atoms with van der Waals surface area (Å²) in [5, 5.41) is 21.5. The highest BCUT2D eigenvalue weighted by Gasteiger charge is 2.35. The van der Waals surface area contributed by atoms with Gasteiger partial charge in [-0.05, 0) is 5.92 Å². The number of para-hydroxylation sites is 1. The Balaban J connectivity index is 2.29. The van der Waals surface area contributed by atoms with Crippen LogP contribution in [0.5, 0.6) is 0 Å². The number of hydrogen-bond acceptors (Lipinski definition) is 4. The summed E-state index contributed by atoms with van der Waals surface area (Å²) in [5.74, 6) is 0.270. The Hall–Kier alpha value is -3.14. The van der Waals surface area contributed by atoms with Crippen LogP contribution >= 0.6 is 0 Å². The molecule has 2 heterocycles. The van der Waals surface area contributed by atoms with E-state index in [2.05, 4.69) is 20.4 Å². The number of allylic oxidation sites excluding steroid dienone is 2. The van der Waals surface area contributed by atoms with Crippen molar-refractivity contribution in [3.05, 3.63) is 74.5 Å². The Kier molecular flexibility index (Phi) is 3.58. The number of rotatable bonds is 3. The van der Waals surface area contributed by atoms with Gasteiger partial charge in [0.15, 0.2) is 5.70 Å². The molecule has 0 saturated heterocycles. The second-order valence-electron chi connectivity index (χ2n) is 5.64. The first-order valence-corrected chi connectivity index (χ1v) is 7.19. The molecule has 1 aromatic heterocycles. The fourth-order valence-electron chi connectivity index (χ4n) is 2.89. The number of hydrogen-bond donors (Lipinski definition) is 2. The van der Waals surface area contributed by atoms with Gasteiger partial charge in [0.2, 0.25) is 0 Å². The molecule has 1 atom stereocenters. The minimum atomic E-state index is -0.499. The van der Waals surface area contributed by atoms with Crippen molar-refractivity contribution >= 4 is 11.5 Å². The third-order valence-corrected chi connectivity index (χ3v) is 3.93. The normalized spacial score (nSPS) is 16.7. The molecule has 7 heteroatoms. The van der Waals surface area contributed by atoms with Gasteiger partial charge in [0, 0.05) is 22.9 Å². The van der Waals surface area contributed by atoms with Crippen molar-refractivity contribution in [2.24, 2.45) is 5.92 Å². The number of anilines is 1. The highest BCUT2D eigenvalue weighted by molar-refractivity contribution is 5.65. The average Bonchev–Trinajstić information content (AvgIpc) is 3.00. The van der Waals surface area contributed by atoms with E-state index in [1.807, 2.05) is 13.8 Å². The number of nitro groups is 1. The van der Waals surface area contributed by atoms with E-state index in [1.54, 1.807) is 24.4 Å². The van der Waals surface area contributed by atoms with Crippen LogP contribution < -0.4 is 5.32 Å². The molecule has 7 nitrogen and oxygen atoms in total. The third-order valence-electron chi connectivity index (χ3n) is 3.93.